The number of hydrogen-bond acceptors (Lipinski definition) is 6. The van der Waals surface area contributed by atoms with Crippen molar-refractivity contribution in [2.45, 2.75) is 90.2 Å². The average molecular weight is 718 g/mol. The van der Waals surface area contributed by atoms with Crippen molar-refractivity contribution in [2.75, 3.05) is 40.4 Å². The molecular weight excluding hydrogens is 664 g/mol. The molecule has 0 unspecified atom stereocenters. The monoisotopic (exact) mass is 716 g/mol. The zero-order valence-electron chi connectivity index (χ0n) is 28.9. The predicted molar refractivity (Wildman–Crippen MR) is 189 cm³/mol. The van der Waals surface area contributed by atoms with E-state index in [1.807, 2.05) is 66.7 Å². The SMILES string of the molecule is CC(C)NC(=O)N1CCCCC1.COC(=O)c1ccc(CBr)cc1.COC(=O)c1ccc(CN(C(=O)N2CCCCC2)C(C)C)cc1. The summed E-state index contributed by atoms with van der Waals surface area (Å²) >= 11 is 3.32. The highest BCUT2D eigenvalue weighted by molar-refractivity contribution is 9.08. The van der Waals surface area contributed by atoms with Crippen molar-refractivity contribution in [1.82, 2.24) is 20.0 Å². The van der Waals surface area contributed by atoms with Gasteiger partial charge in [0, 0.05) is 50.1 Å². The lowest BCUT2D eigenvalue weighted by Crippen LogP contribution is -2.47. The molecule has 4 rings (SSSR count). The maximum atomic E-state index is 12.7. The largest absolute Gasteiger partial charge is 0.465 e. The molecule has 47 heavy (non-hydrogen) atoms. The molecule has 2 aromatic carbocycles. The van der Waals surface area contributed by atoms with Crippen molar-refractivity contribution >= 4 is 39.9 Å². The molecule has 0 radical (unpaired) electrons. The first-order valence-electron chi connectivity index (χ1n) is 16.5. The number of nitrogens with one attached hydrogen (secondary N) is 1. The molecule has 10 nitrogen and oxygen atoms in total. The van der Waals surface area contributed by atoms with Crippen molar-refractivity contribution in [3.63, 3.8) is 0 Å². The lowest BCUT2D eigenvalue weighted by Gasteiger charge is -2.35. The van der Waals surface area contributed by atoms with Gasteiger partial charge < -0.3 is 29.5 Å². The zero-order chi connectivity index (χ0) is 34.8. The summed E-state index contributed by atoms with van der Waals surface area (Å²) in [7, 11) is 2.74. The summed E-state index contributed by atoms with van der Waals surface area (Å²) in [6, 6.07) is 15.1. The first-order valence-corrected chi connectivity index (χ1v) is 17.6. The smallest absolute Gasteiger partial charge is 0.337 e. The van der Waals surface area contributed by atoms with Crippen LogP contribution in [0, 0.1) is 0 Å². The summed E-state index contributed by atoms with van der Waals surface area (Å²) in [6.07, 6.45) is 6.97. The molecule has 0 atom stereocenters. The Labute approximate surface area is 289 Å². The van der Waals surface area contributed by atoms with Gasteiger partial charge in [0.05, 0.1) is 25.3 Å². The van der Waals surface area contributed by atoms with Crippen LogP contribution in [0.15, 0.2) is 48.5 Å². The van der Waals surface area contributed by atoms with Crippen LogP contribution in [0.4, 0.5) is 9.59 Å². The predicted octanol–water partition coefficient (Wildman–Crippen LogP) is 7.25. The van der Waals surface area contributed by atoms with Gasteiger partial charge in [0.15, 0.2) is 0 Å². The van der Waals surface area contributed by atoms with E-state index in [-0.39, 0.29) is 36.1 Å². The summed E-state index contributed by atoms with van der Waals surface area (Å²) < 4.78 is 9.26. The molecule has 260 valence electrons. The van der Waals surface area contributed by atoms with Crippen LogP contribution < -0.4 is 5.32 Å². The van der Waals surface area contributed by atoms with Crippen LogP contribution in [0.5, 0.6) is 0 Å². The minimum Gasteiger partial charge on any atom is -0.465 e. The van der Waals surface area contributed by atoms with E-state index < -0.39 is 0 Å². The van der Waals surface area contributed by atoms with E-state index in [0.29, 0.717) is 17.7 Å². The van der Waals surface area contributed by atoms with Crippen LogP contribution in [-0.2, 0) is 21.3 Å². The maximum Gasteiger partial charge on any atom is 0.337 e. The van der Waals surface area contributed by atoms with E-state index in [0.717, 1.165) is 68.3 Å². The number of amides is 4. The number of methoxy groups -OCH3 is 2. The summed E-state index contributed by atoms with van der Waals surface area (Å²) in [4.78, 5) is 52.4. The van der Waals surface area contributed by atoms with Crippen LogP contribution in [-0.4, -0.2) is 91.2 Å². The topological polar surface area (TPSA) is 108 Å². The molecule has 2 aliphatic rings. The molecule has 0 bridgehead atoms. The van der Waals surface area contributed by atoms with E-state index in [1.165, 1.54) is 27.1 Å². The van der Waals surface area contributed by atoms with Gasteiger partial charge in [-0.05, 0) is 102 Å². The van der Waals surface area contributed by atoms with Crippen LogP contribution in [0.3, 0.4) is 0 Å². The molecule has 2 heterocycles. The van der Waals surface area contributed by atoms with Gasteiger partial charge in [-0.25, -0.2) is 19.2 Å². The van der Waals surface area contributed by atoms with Gasteiger partial charge in [-0.15, -0.1) is 0 Å². The van der Waals surface area contributed by atoms with E-state index in [1.54, 1.807) is 24.3 Å². The number of alkyl halides is 1. The number of halogens is 1. The number of esters is 2. The van der Waals surface area contributed by atoms with Crippen molar-refractivity contribution < 1.29 is 28.7 Å². The maximum absolute atomic E-state index is 12.7. The van der Waals surface area contributed by atoms with Gasteiger partial charge in [-0.1, -0.05) is 40.2 Å². The highest BCUT2D eigenvalue weighted by atomic mass is 79.9. The normalized spacial score (nSPS) is 14.2. The molecule has 0 saturated carbocycles. The van der Waals surface area contributed by atoms with E-state index in [2.05, 4.69) is 26.0 Å². The number of piperidine rings is 2. The van der Waals surface area contributed by atoms with Gasteiger partial charge >= 0.3 is 24.0 Å². The van der Waals surface area contributed by atoms with Crippen molar-refractivity contribution in [2.24, 2.45) is 0 Å². The minimum atomic E-state index is -0.346. The van der Waals surface area contributed by atoms with Crippen molar-refractivity contribution in [3.05, 3.63) is 70.8 Å². The molecular formula is C36H53BrN4O6. The molecule has 2 saturated heterocycles. The van der Waals surface area contributed by atoms with Crippen molar-refractivity contribution in [3.8, 4) is 0 Å². The third kappa shape index (κ3) is 14.0. The van der Waals surface area contributed by atoms with Gasteiger partial charge in [-0.3, -0.25) is 0 Å². The standard InChI is InChI=1S/C18H26N2O3.C9H9BrO2.C9H18N2O/c1-14(2)20(18(22)19-11-5-4-6-12-19)13-15-7-9-16(10-8-15)17(21)23-3;1-12-9(11)8-4-2-7(6-10)3-5-8;1-8(2)10-9(12)11-6-4-3-5-7-11/h7-10,14H,4-6,11-13H2,1-3H3;2-5H,6H2,1H3;8H,3-7H2,1-2H3,(H,10,12). The molecule has 1 N–H and O–H groups in total. The second-order valence-corrected chi connectivity index (χ2v) is 12.8. The van der Waals surface area contributed by atoms with Crippen LogP contribution in [0.1, 0.15) is 98.1 Å². The molecule has 0 spiro atoms. The van der Waals surface area contributed by atoms with E-state index in [9.17, 15) is 19.2 Å². The van der Waals surface area contributed by atoms with Crippen LogP contribution in [0.2, 0.25) is 0 Å². The Morgan fingerprint density at radius 1 is 0.702 bits per heavy atom. The van der Waals surface area contributed by atoms with Crippen LogP contribution >= 0.6 is 15.9 Å². The quantitative estimate of drug-likeness (QED) is 0.239. The lowest BCUT2D eigenvalue weighted by molar-refractivity contribution is 0.0592. The Morgan fingerprint density at radius 3 is 1.51 bits per heavy atom. The highest BCUT2D eigenvalue weighted by Gasteiger charge is 2.24. The molecule has 2 aliphatic heterocycles. The molecule has 4 amide bonds. The summed E-state index contributed by atoms with van der Waals surface area (Å²) in [5.41, 5.74) is 3.26. The van der Waals surface area contributed by atoms with Gasteiger partial charge in [0.1, 0.15) is 0 Å². The second-order valence-electron chi connectivity index (χ2n) is 12.2. The second kappa shape index (κ2) is 21.3. The highest BCUT2D eigenvalue weighted by Crippen LogP contribution is 2.17. The molecule has 2 fully saturated rings. The number of hydrogen-bond donors (Lipinski definition) is 1. The third-order valence-corrected chi connectivity index (χ3v) is 8.46. The molecule has 0 aliphatic carbocycles. The fourth-order valence-corrected chi connectivity index (χ4v) is 5.46. The number of rotatable bonds is 7. The number of benzene rings is 2. The third-order valence-electron chi connectivity index (χ3n) is 7.81. The number of carbonyl (C=O) groups is 4. The Balaban J connectivity index is 0.000000270. The Kier molecular flexibility index (Phi) is 17.9. The Bertz CT molecular complexity index is 1240. The van der Waals surface area contributed by atoms with Crippen LogP contribution in [0.25, 0.3) is 0 Å². The summed E-state index contributed by atoms with van der Waals surface area (Å²) in [5.74, 6) is -0.641. The fourth-order valence-electron chi connectivity index (χ4n) is 5.08. The van der Waals surface area contributed by atoms with Gasteiger partial charge in [0.25, 0.3) is 0 Å². The Hall–Kier alpha value is -3.60. The number of urea groups is 2. The first kappa shape index (κ1) is 39.6. The number of carbonyl (C=O) groups excluding carboxylic acids is 4. The van der Waals surface area contributed by atoms with E-state index in [4.69, 9.17) is 4.74 Å². The van der Waals surface area contributed by atoms with E-state index >= 15 is 0 Å². The molecule has 11 heteroatoms. The number of likely N-dealkylation sites (tertiary alicyclic amines) is 2. The Morgan fingerprint density at radius 2 is 1.13 bits per heavy atom. The summed E-state index contributed by atoms with van der Waals surface area (Å²) in [6.45, 7) is 12.2. The molecule has 0 aromatic heterocycles. The number of nitrogens with zero attached hydrogens (tertiary/aromatic N) is 3. The first-order chi connectivity index (χ1) is 22.5. The van der Waals surface area contributed by atoms with Gasteiger partial charge in [0.2, 0.25) is 0 Å². The lowest BCUT2D eigenvalue weighted by atomic mass is 10.1. The summed E-state index contributed by atoms with van der Waals surface area (Å²) in [5, 5.41) is 3.70. The van der Waals surface area contributed by atoms with Crippen molar-refractivity contribution in [1.29, 1.82) is 0 Å². The minimum absolute atomic E-state index is 0.102. The fraction of sp³-hybridized carbons (Fsp3) is 0.556. The van der Waals surface area contributed by atoms with Gasteiger partial charge in [-0.2, -0.15) is 0 Å². The average Bonchev–Trinajstić information content (AvgIpc) is 3.10. The zero-order valence-corrected chi connectivity index (χ0v) is 30.5. The molecule has 2 aromatic rings. The number of ether oxygens (including phenoxy) is 2.